The standard InChI is InChI=1S/C13H14F2O2/c1-8(2)12(16)5-6-13(17)10-4-3-9(14)7-11(10)15/h3-4,7-8H,5-6H2,1-2H3. The van der Waals surface area contributed by atoms with Crippen molar-refractivity contribution in [2.45, 2.75) is 26.7 Å². The lowest BCUT2D eigenvalue weighted by molar-refractivity contribution is -0.121. The number of ketones is 2. The number of hydrogen-bond acceptors (Lipinski definition) is 2. The molecular formula is C13H14F2O2. The summed E-state index contributed by atoms with van der Waals surface area (Å²) in [7, 11) is 0. The molecule has 0 aromatic heterocycles. The topological polar surface area (TPSA) is 34.1 Å². The second-order valence-corrected chi connectivity index (χ2v) is 4.17. The van der Waals surface area contributed by atoms with Crippen LogP contribution in [0.1, 0.15) is 37.0 Å². The molecule has 0 aliphatic carbocycles. The molecule has 0 amide bonds. The fraction of sp³-hybridized carbons (Fsp3) is 0.385. The third kappa shape index (κ3) is 3.73. The summed E-state index contributed by atoms with van der Waals surface area (Å²) >= 11 is 0. The Morgan fingerprint density at radius 3 is 2.35 bits per heavy atom. The van der Waals surface area contributed by atoms with Gasteiger partial charge in [0.1, 0.15) is 17.4 Å². The zero-order valence-electron chi connectivity index (χ0n) is 9.80. The van der Waals surface area contributed by atoms with E-state index in [1.54, 1.807) is 13.8 Å². The van der Waals surface area contributed by atoms with Gasteiger partial charge in [-0.2, -0.15) is 0 Å². The molecule has 92 valence electrons. The van der Waals surface area contributed by atoms with Crippen LogP contribution >= 0.6 is 0 Å². The average Bonchev–Trinajstić information content (AvgIpc) is 2.25. The molecule has 1 rings (SSSR count). The number of halogens is 2. The molecule has 17 heavy (non-hydrogen) atoms. The van der Waals surface area contributed by atoms with Crippen LogP contribution in [0.5, 0.6) is 0 Å². The number of carbonyl (C=O) groups excluding carboxylic acids is 2. The minimum absolute atomic E-state index is 0.0409. The number of hydrogen-bond donors (Lipinski definition) is 0. The Morgan fingerprint density at radius 2 is 1.82 bits per heavy atom. The van der Waals surface area contributed by atoms with Crippen molar-refractivity contribution in [2.24, 2.45) is 5.92 Å². The van der Waals surface area contributed by atoms with E-state index in [2.05, 4.69) is 0 Å². The molecule has 0 heterocycles. The minimum atomic E-state index is -0.882. The highest BCUT2D eigenvalue weighted by Gasteiger charge is 2.15. The van der Waals surface area contributed by atoms with Gasteiger partial charge in [0.2, 0.25) is 0 Å². The van der Waals surface area contributed by atoms with Crippen molar-refractivity contribution in [1.82, 2.24) is 0 Å². The van der Waals surface area contributed by atoms with Crippen molar-refractivity contribution >= 4 is 11.6 Å². The van der Waals surface area contributed by atoms with Crippen LogP contribution in [0, 0.1) is 17.6 Å². The Hall–Kier alpha value is -1.58. The maximum Gasteiger partial charge on any atom is 0.166 e. The van der Waals surface area contributed by atoms with Crippen molar-refractivity contribution in [2.75, 3.05) is 0 Å². The van der Waals surface area contributed by atoms with Gasteiger partial charge in [-0.25, -0.2) is 8.78 Å². The molecule has 0 aliphatic heterocycles. The molecule has 0 aliphatic rings. The summed E-state index contributed by atoms with van der Waals surface area (Å²) in [6, 6.07) is 2.80. The molecule has 1 aromatic carbocycles. The second-order valence-electron chi connectivity index (χ2n) is 4.17. The first-order valence-corrected chi connectivity index (χ1v) is 5.42. The highest BCUT2D eigenvalue weighted by Crippen LogP contribution is 2.13. The Bertz CT molecular complexity index is 439. The van der Waals surface area contributed by atoms with Gasteiger partial charge >= 0.3 is 0 Å². The van der Waals surface area contributed by atoms with Gasteiger partial charge in [-0.1, -0.05) is 13.8 Å². The molecule has 0 saturated heterocycles. The quantitative estimate of drug-likeness (QED) is 0.741. The normalized spacial score (nSPS) is 10.6. The minimum Gasteiger partial charge on any atom is -0.299 e. The van der Waals surface area contributed by atoms with Crippen LogP contribution in [0.3, 0.4) is 0 Å². The van der Waals surface area contributed by atoms with Crippen LogP contribution < -0.4 is 0 Å². The first-order valence-electron chi connectivity index (χ1n) is 5.42. The molecule has 0 unspecified atom stereocenters. The van der Waals surface area contributed by atoms with E-state index in [1.165, 1.54) is 0 Å². The predicted molar refractivity (Wildman–Crippen MR) is 59.8 cm³/mol. The number of rotatable bonds is 5. The highest BCUT2D eigenvalue weighted by atomic mass is 19.1. The van der Waals surface area contributed by atoms with Crippen molar-refractivity contribution in [1.29, 1.82) is 0 Å². The summed E-state index contributed by atoms with van der Waals surface area (Å²) < 4.78 is 25.9. The molecular weight excluding hydrogens is 226 g/mol. The summed E-state index contributed by atoms with van der Waals surface area (Å²) in [5.41, 5.74) is -0.164. The van der Waals surface area contributed by atoms with Gasteiger partial charge in [0.25, 0.3) is 0 Å². The monoisotopic (exact) mass is 240 g/mol. The van der Waals surface area contributed by atoms with E-state index in [0.29, 0.717) is 6.07 Å². The van der Waals surface area contributed by atoms with Crippen LogP contribution in [0.15, 0.2) is 18.2 Å². The largest absolute Gasteiger partial charge is 0.299 e. The first-order chi connectivity index (χ1) is 7.91. The van der Waals surface area contributed by atoms with Crippen molar-refractivity contribution < 1.29 is 18.4 Å². The van der Waals surface area contributed by atoms with E-state index in [1.807, 2.05) is 0 Å². The number of Topliss-reactive ketones (excluding diaryl/α,β-unsaturated/α-hetero) is 2. The van der Waals surface area contributed by atoms with Crippen LogP contribution in [-0.4, -0.2) is 11.6 Å². The van der Waals surface area contributed by atoms with Crippen molar-refractivity contribution in [3.63, 3.8) is 0 Å². The molecule has 0 bridgehead atoms. The lowest BCUT2D eigenvalue weighted by atomic mass is 10.00. The Kier molecular flexibility index (Phi) is 4.49. The molecule has 2 nitrogen and oxygen atoms in total. The van der Waals surface area contributed by atoms with E-state index < -0.39 is 17.4 Å². The average molecular weight is 240 g/mol. The van der Waals surface area contributed by atoms with E-state index >= 15 is 0 Å². The molecule has 0 radical (unpaired) electrons. The van der Waals surface area contributed by atoms with Gasteiger partial charge in [-0.3, -0.25) is 9.59 Å². The van der Waals surface area contributed by atoms with Crippen LogP contribution in [0.2, 0.25) is 0 Å². The third-order valence-electron chi connectivity index (χ3n) is 2.47. The maximum atomic E-state index is 13.2. The van der Waals surface area contributed by atoms with Gasteiger partial charge < -0.3 is 0 Å². The molecule has 0 N–H and O–H groups in total. The van der Waals surface area contributed by atoms with Crippen LogP contribution in [0.4, 0.5) is 8.78 Å². The molecule has 0 atom stereocenters. The first kappa shape index (κ1) is 13.5. The molecule has 0 spiro atoms. The highest BCUT2D eigenvalue weighted by molar-refractivity contribution is 5.98. The van der Waals surface area contributed by atoms with Crippen LogP contribution in [-0.2, 0) is 4.79 Å². The summed E-state index contributed by atoms with van der Waals surface area (Å²) in [6.45, 7) is 3.48. The van der Waals surface area contributed by atoms with E-state index in [-0.39, 0.29) is 30.1 Å². The predicted octanol–water partition coefficient (Wildman–Crippen LogP) is 3.15. The number of benzene rings is 1. The zero-order valence-corrected chi connectivity index (χ0v) is 9.80. The molecule has 0 saturated carbocycles. The Labute approximate surface area is 98.6 Å². The summed E-state index contributed by atoms with van der Waals surface area (Å²) in [5, 5.41) is 0. The lowest BCUT2D eigenvalue weighted by Gasteiger charge is -2.04. The maximum absolute atomic E-state index is 13.2. The van der Waals surface area contributed by atoms with Gasteiger partial charge in [0.15, 0.2) is 5.78 Å². The van der Waals surface area contributed by atoms with E-state index in [0.717, 1.165) is 12.1 Å². The van der Waals surface area contributed by atoms with Crippen molar-refractivity contribution in [3.8, 4) is 0 Å². The summed E-state index contributed by atoms with van der Waals surface area (Å²) in [6.07, 6.45) is 0.0485. The van der Waals surface area contributed by atoms with E-state index in [4.69, 9.17) is 0 Å². The smallest absolute Gasteiger partial charge is 0.166 e. The zero-order chi connectivity index (χ0) is 13.0. The Morgan fingerprint density at radius 1 is 1.18 bits per heavy atom. The van der Waals surface area contributed by atoms with Gasteiger partial charge in [0, 0.05) is 24.8 Å². The SMILES string of the molecule is CC(C)C(=O)CCC(=O)c1ccc(F)cc1F. The lowest BCUT2D eigenvalue weighted by Crippen LogP contribution is -2.11. The molecule has 1 aromatic rings. The molecule has 4 heteroatoms. The Balaban J connectivity index is 2.68. The summed E-state index contributed by atoms with van der Waals surface area (Å²) in [4.78, 5) is 22.9. The number of carbonyl (C=O) groups is 2. The third-order valence-corrected chi connectivity index (χ3v) is 2.47. The van der Waals surface area contributed by atoms with Crippen molar-refractivity contribution in [3.05, 3.63) is 35.4 Å². The molecule has 0 fully saturated rings. The van der Waals surface area contributed by atoms with Gasteiger partial charge in [-0.15, -0.1) is 0 Å². The van der Waals surface area contributed by atoms with Gasteiger partial charge in [0.05, 0.1) is 5.56 Å². The van der Waals surface area contributed by atoms with Crippen LogP contribution in [0.25, 0.3) is 0 Å². The van der Waals surface area contributed by atoms with Gasteiger partial charge in [-0.05, 0) is 12.1 Å². The summed E-state index contributed by atoms with van der Waals surface area (Å²) in [5.74, 6) is -2.26. The van der Waals surface area contributed by atoms with E-state index in [9.17, 15) is 18.4 Å². The second kappa shape index (κ2) is 5.66. The fourth-order valence-electron chi connectivity index (χ4n) is 1.38. The fourth-order valence-corrected chi connectivity index (χ4v) is 1.38.